The number of amides is 1. The van der Waals surface area contributed by atoms with Gasteiger partial charge >= 0.3 is 0 Å². The summed E-state index contributed by atoms with van der Waals surface area (Å²) in [5.74, 6) is 1.24. The lowest BCUT2D eigenvalue weighted by molar-refractivity contribution is 0.0753. The smallest absolute Gasteiger partial charge is 0.271 e. The molecule has 0 spiro atoms. The summed E-state index contributed by atoms with van der Waals surface area (Å²) in [6.45, 7) is 5.73. The van der Waals surface area contributed by atoms with Gasteiger partial charge < -0.3 is 4.90 Å². The van der Waals surface area contributed by atoms with Gasteiger partial charge in [-0.15, -0.1) is 11.3 Å². The Labute approximate surface area is 131 Å². The Morgan fingerprint density at radius 3 is 3.05 bits per heavy atom. The van der Waals surface area contributed by atoms with Crippen molar-refractivity contribution in [3.63, 3.8) is 0 Å². The van der Waals surface area contributed by atoms with Crippen LogP contribution in [0.15, 0.2) is 22.6 Å². The first-order chi connectivity index (χ1) is 10.1. The molecular weight excluding hydrogens is 306 g/mol. The van der Waals surface area contributed by atoms with Crippen LogP contribution < -0.4 is 5.56 Å². The predicted molar refractivity (Wildman–Crippen MR) is 86.3 cm³/mol. The van der Waals surface area contributed by atoms with Crippen LogP contribution in [-0.4, -0.2) is 44.3 Å². The van der Waals surface area contributed by atoms with Gasteiger partial charge in [-0.05, 0) is 5.92 Å². The van der Waals surface area contributed by atoms with Gasteiger partial charge in [0.05, 0.1) is 0 Å². The van der Waals surface area contributed by atoms with Crippen molar-refractivity contribution in [2.45, 2.75) is 19.1 Å². The maximum Gasteiger partial charge on any atom is 0.271 e. The van der Waals surface area contributed by atoms with Gasteiger partial charge in [-0.25, -0.2) is 4.98 Å². The Hall–Kier alpha value is -1.34. The SMILES string of the molecule is CC(C)[C@H]1CN(C(=O)c2cnc3sccn3c2=O)CCS1. The fraction of sp³-hybridized carbons (Fsp3) is 0.500. The zero-order chi connectivity index (χ0) is 15.0. The molecule has 0 unspecified atom stereocenters. The van der Waals surface area contributed by atoms with E-state index in [2.05, 4.69) is 18.8 Å². The molecule has 0 radical (unpaired) electrons. The van der Waals surface area contributed by atoms with Crippen LogP contribution in [0.5, 0.6) is 0 Å². The third-order valence-corrected chi connectivity index (χ3v) is 6.01. The van der Waals surface area contributed by atoms with E-state index in [0.717, 1.165) is 5.75 Å². The van der Waals surface area contributed by atoms with E-state index in [0.29, 0.717) is 29.2 Å². The lowest BCUT2D eigenvalue weighted by Gasteiger charge is -2.34. The van der Waals surface area contributed by atoms with E-state index in [1.54, 1.807) is 16.5 Å². The molecule has 0 aliphatic carbocycles. The summed E-state index contributed by atoms with van der Waals surface area (Å²) in [6.07, 6.45) is 3.08. The van der Waals surface area contributed by atoms with Crippen LogP contribution in [0.25, 0.3) is 4.96 Å². The molecule has 21 heavy (non-hydrogen) atoms. The van der Waals surface area contributed by atoms with E-state index in [1.807, 2.05) is 11.8 Å². The van der Waals surface area contributed by atoms with E-state index in [1.165, 1.54) is 21.9 Å². The van der Waals surface area contributed by atoms with Gasteiger partial charge in [0.25, 0.3) is 11.5 Å². The van der Waals surface area contributed by atoms with Gasteiger partial charge in [-0.3, -0.25) is 14.0 Å². The van der Waals surface area contributed by atoms with Gasteiger partial charge in [0.2, 0.25) is 0 Å². The minimum atomic E-state index is -0.273. The lowest BCUT2D eigenvalue weighted by Crippen LogP contribution is -2.45. The zero-order valence-corrected chi connectivity index (χ0v) is 13.6. The Balaban J connectivity index is 1.89. The summed E-state index contributed by atoms with van der Waals surface area (Å²) >= 11 is 3.29. The van der Waals surface area contributed by atoms with Gasteiger partial charge in [-0.2, -0.15) is 11.8 Å². The van der Waals surface area contributed by atoms with Crippen molar-refractivity contribution >= 4 is 34.0 Å². The number of nitrogens with zero attached hydrogens (tertiary/aromatic N) is 3. The van der Waals surface area contributed by atoms with Crippen molar-refractivity contribution in [3.8, 4) is 0 Å². The minimum Gasteiger partial charge on any atom is -0.336 e. The molecule has 2 aromatic heterocycles. The number of aromatic nitrogens is 2. The Morgan fingerprint density at radius 1 is 1.48 bits per heavy atom. The molecule has 112 valence electrons. The first-order valence-electron chi connectivity index (χ1n) is 6.93. The molecule has 2 aromatic rings. The number of hydrogen-bond acceptors (Lipinski definition) is 5. The normalized spacial score (nSPS) is 19.4. The highest BCUT2D eigenvalue weighted by Gasteiger charge is 2.28. The summed E-state index contributed by atoms with van der Waals surface area (Å²) in [7, 11) is 0. The van der Waals surface area contributed by atoms with Gasteiger partial charge in [0, 0.05) is 41.9 Å². The van der Waals surface area contributed by atoms with E-state index < -0.39 is 0 Å². The fourth-order valence-corrected chi connectivity index (χ4v) is 4.38. The number of carbonyl (C=O) groups is 1. The van der Waals surface area contributed by atoms with Crippen LogP contribution in [0.4, 0.5) is 0 Å². The molecule has 3 rings (SSSR count). The predicted octanol–water partition coefficient (Wildman–Crippen LogP) is 1.97. The fourth-order valence-electron chi connectivity index (χ4n) is 2.40. The summed E-state index contributed by atoms with van der Waals surface area (Å²) in [6, 6.07) is 0. The number of carbonyl (C=O) groups excluding carboxylic acids is 1. The van der Waals surface area contributed by atoms with Crippen LogP contribution in [0.1, 0.15) is 24.2 Å². The summed E-state index contributed by atoms with van der Waals surface area (Å²) in [4.78, 5) is 31.6. The van der Waals surface area contributed by atoms with E-state index in [4.69, 9.17) is 0 Å². The molecule has 7 heteroatoms. The quantitative estimate of drug-likeness (QED) is 0.848. The van der Waals surface area contributed by atoms with E-state index in [9.17, 15) is 9.59 Å². The van der Waals surface area contributed by atoms with Crippen molar-refractivity contribution < 1.29 is 4.79 Å². The molecule has 5 nitrogen and oxygen atoms in total. The Morgan fingerprint density at radius 2 is 2.29 bits per heavy atom. The van der Waals surface area contributed by atoms with Crippen LogP contribution in [0.3, 0.4) is 0 Å². The van der Waals surface area contributed by atoms with E-state index >= 15 is 0 Å². The number of thiazole rings is 1. The molecule has 1 aliphatic heterocycles. The third kappa shape index (κ3) is 2.72. The highest BCUT2D eigenvalue weighted by molar-refractivity contribution is 8.00. The molecule has 0 aromatic carbocycles. The van der Waals surface area contributed by atoms with Gasteiger partial charge in [0.1, 0.15) is 5.56 Å². The van der Waals surface area contributed by atoms with Crippen molar-refractivity contribution in [2.75, 3.05) is 18.8 Å². The lowest BCUT2D eigenvalue weighted by atomic mass is 10.1. The second-order valence-electron chi connectivity index (χ2n) is 5.44. The second-order valence-corrected chi connectivity index (χ2v) is 7.66. The Kier molecular flexibility index (Phi) is 4.03. The summed E-state index contributed by atoms with van der Waals surface area (Å²) in [5, 5.41) is 2.23. The number of fused-ring (bicyclic) bond motifs is 1. The van der Waals surface area contributed by atoms with Crippen molar-refractivity contribution in [3.05, 3.63) is 33.7 Å². The number of thioether (sulfide) groups is 1. The standard InChI is InChI=1S/C14H17N3O2S2/c1-9(2)11-8-16(3-5-20-11)12(18)10-7-15-14-17(13(10)19)4-6-21-14/h4,6-7,9,11H,3,5,8H2,1-2H3/t11-/m1/s1. The molecule has 0 N–H and O–H groups in total. The molecule has 1 amide bonds. The largest absolute Gasteiger partial charge is 0.336 e. The average Bonchev–Trinajstić information content (AvgIpc) is 2.96. The molecule has 1 aliphatic rings. The zero-order valence-electron chi connectivity index (χ0n) is 12.0. The van der Waals surface area contributed by atoms with Crippen LogP contribution in [0, 0.1) is 5.92 Å². The van der Waals surface area contributed by atoms with E-state index in [-0.39, 0.29) is 17.0 Å². The first-order valence-corrected chi connectivity index (χ1v) is 8.86. The highest BCUT2D eigenvalue weighted by atomic mass is 32.2. The van der Waals surface area contributed by atoms with Crippen LogP contribution >= 0.6 is 23.1 Å². The van der Waals surface area contributed by atoms with Crippen molar-refractivity contribution in [1.29, 1.82) is 0 Å². The Bertz CT molecular complexity index is 722. The molecule has 1 atom stereocenters. The minimum absolute atomic E-state index is 0.167. The summed E-state index contributed by atoms with van der Waals surface area (Å²) in [5.41, 5.74) is -0.106. The van der Waals surface area contributed by atoms with Crippen molar-refractivity contribution in [2.24, 2.45) is 5.92 Å². The monoisotopic (exact) mass is 323 g/mol. The maximum absolute atomic E-state index is 12.6. The molecule has 0 bridgehead atoms. The molecule has 1 fully saturated rings. The topological polar surface area (TPSA) is 54.7 Å². The average molecular weight is 323 g/mol. The maximum atomic E-state index is 12.6. The number of hydrogen-bond donors (Lipinski definition) is 0. The van der Waals surface area contributed by atoms with Gasteiger partial charge in [0.15, 0.2) is 4.96 Å². The molecular formula is C14H17N3O2S2. The number of rotatable bonds is 2. The molecule has 1 saturated heterocycles. The molecule has 0 saturated carbocycles. The van der Waals surface area contributed by atoms with Crippen molar-refractivity contribution in [1.82, 2.24) is 14.3 Å². The van der Waals surface area contributed by atoms with Gasteiger partial charge in [-0.1, -0.05) is 13.8 Å². The summed E-state index contributed by atoms with van der Waals surface area (Å²) < 4.78 is 1.44. The van der Waals surface area contributed by atoms with Crippen LogP contribution in [0.2, 0.25) is 0 Å². The first kappa shape index (κ1) is 14.6. The molecule has 3 heterocycles. The highest BCUT2D eigenvalue weighted by Crippen LogP contribution is 2.25. The second kappa shape index (κ2) is 5.81. The van der Waals surface area contributed by atoms with Crippen LogP contribution in [-0.2, 0) is 0 Å². The third-order valence-electron chi connectivity index (χ3n) is 3.70.